The minimum absolute atomic E-state index is 0. The molecule has 0 aromatic rings. The number of carbonyl (C=O) groups is 2. The van der Waals surface area contributed by atoms with Crippen molar-refractivity contribution in [3.8, 4) is 0 Å². The summed E-state index contributed by atoms with van der Waals surface area (Å²) >= 11 is 1.90. The van der Waals surface area contributed by atoms with E-state index in [-0.39, 0.29) is 31.5 Å². The third-order valence-corrected chi connectivity index (χ3v) is 5.30. The van der Waals surface area contributed by atoms with Crippen LogP contribution in [-0.2, 0) is 14.4 Å². The maximum Gasteiger partial charge on any atom is 0.324 e. The van der Waals surface area contributed by atoms with Crippen molar-refractivity contribution in [2.45, 2.75) is 71.2 Å². The Kier molecular flexibility index (Phi) is 13.6. The van der Waals surface area contributed by atoms with Crippen molar-refractivity contribution in [3.05, 3.63) is 0 Å². The van der Waals surface area contributed by atoms with E-state index in [1.165, 1.54) is 0 Å². The summed E-state index contributed by atoms with van der Waals surface area (Å²) in [4.78, 5) is 27.7. The molecule has 0 radical (unpaired) electrons. The molecule has 0 spiro atoms. The molecule has 0 aromatic heterocycles. The molecule has 2 heterocycles. The molecule has 148 valence electrons. The highest BCUT2D eigenvalue weighted by atomic mass is 32.2. The van der Waals surface area contributed by atoms with Crippen LogP contribution in [-0.4, -0.2) is 54.8 Å². The largest absolute Gasteiger partial charge is 0.380 e. The summed E-state index contributed by atoms with van der Waals surface area (Å²) in [5.74, 6) is 0.740. The second-order valence-electron chi connectivity index (χ2n) is 5.43. The minimum atomic E-state index is -0.232. The van der Waals surface area contributed by atoms with Crippen molar-refractivity contribution in [3.63, 3.8) is 0 Å². The lowest BCUT2D eigenvalue weighted by Gasteiger charge is -2.16. The van der Waals surface area contributed by atoms with Crippen molar-refractivity contribution in [1.29, 1.82) is 0 Å². The quantitative estimate of drug-likeness (QED) is 0.308. The molecule has 3 unspecified atom stereocenters. The van der Waals surface area contributed by atoms with Crippen molar-refractivity contribution >= 4 is 23.8 Å². The van der Waals surface area contributed by atoms with Gasteiger partial charge in [0.15, 0.2) is 0 Å². The molecule has 2 amide bonds. The first kappa shape index (κ1) is 24.0. The van der Waals surface area contributed by atoms with Gasteiger partial charge in [0.2, 0.25) is 0 Å². The van der Waals surface area contributed by atoms with Crippen LogP contribution in [0, 0.1) is 0 Å². The number of hydrogen-bond donors (Lipinski definition) is 3. The Hall–Kier alpha value is -0.990. The molecule has 0 saturated carbocycles. The van der Waals surface area contributed by atoms with E-state index in [9.17, 15) is 9.59 Å². The van der Waals surface area contributed by atoms with Crippen molar-refractivity contribution in [2.75, 3.05) is 25.5 Å². The molecular formula is C17H35N3O4S. The van der Waals surface area contributed by atoms with Crippen LogP contribution in [0.15, 0.2) is 0 Å². The van der Waals surface area contributed by atoms with E-state index in [2.05, 4.69) is 16.1 Å². The number of amides is 2. The summed E-state index contributed by atoms with van der Waals surface area (Å²) in [6.07, 6.45) is 3.20. The van der Waals surface area contributed by atoms with Gasteiger partial charge in [-0.3, -0.25) is 4.79 Å². The molecule has 25 heavy (non-hydrogen) atoms. The Bertz CT molecular complexity index is 385. The molecule has 2 aliphatic rings. The zero-order valence-electron chi connectivity index (χ0n) is 14.9. The highest BCUT2D eigenvalue weighted by molar-refractivity contribution is 8.00. The summed E-state index contributed by atoms with van der Waals surface area (Å²) in [6, 6.07) is 0.452. The van der Waals surface area contributed by atoms with Crippen LogP contribution in [0.3, 0.4) is 0 Å². The van der Waals surface area contributed by atoms with Gasteiger partial charge in [0, 0.05) is 24.0 Å². The van der Waals surface area contributed by atoms with E-state index in [0.29, 0.717) is 31.4 Å². The fraction of sp³-hybridized carbons (Fsp3) is 0.882. The number of unbranched alkanes of at least 4 members (excludes halogenated alkanes) is 1. The number of fused-ring (bicyclic) bond motifs is 1. The Morgan fingerprint density at radius 3 is 2.80 bits per heavy atom. The fourth-order valence-corrected chi connectivity index (χ4v) is 4.24. The molecule has 8 heteroatoms. The van der Waals surface area contributed by atoms with E-state index in [1.54, 1.807) is 0 Å². The van der Waals surface area contributed by atoms with Crippen LogP contribution in [0.4, 0.5) is 4.79 Å². The number of ether oxygens (including phenoxy) is 1. The summed E-state index contributed by atoms with van der Waals surface area (Å²) in [6.45, 7) is 7.62. The average Bonchev–Trinajstić information content (AvgIpc) is 3.13. The summed E-state index contributed by atoms with van der Waals surface area (Å²) < 4.78 is 5.12. The van der Waals surface area contributed by atoms with E-state index >= 15 is 0 Å². The molecule has 2 fully saturated rings. The lowest BCUT2D eigenvalue weighted by molar-refractivity contribution is -0.151. The van der Waals surface area contributed by atoms with Crippen LogP contribution in [0.25, 0.3) is 0 Å². The zero-order valence-corrected chi connectivity index (χ0v) is 15.7. The standard InChI is InChI=1S/C14H25N3O4S.C2H6.CH4/c1-2-20-8-7-15-21-12(18)6-4-3-5-11-13-10(9-22-11)16-14(19)17-13;1-2;/h10-11,13,15H,2-9H2,1H3,(H2,16,17,19);1-2H3;1H4. The van der Waals surface area contributed by atoms with E-state index in [0.717, 1.165) is 25.0 Å². The van der Waals surface area contributed by atoms with Gasteiger partial charge in [-0.05, 0) is 19.8 Å². The normalized spacial score (nSPS) is 23.5. The topological polar surface area (TPSA) is 88.7 Å². The third kappa shape index (κ3) is 8.78. The number of carbonyl (C=O) groups excluding carboxylic acids is 2. The second kappa shape index (κ2) is 14.2. The third-order valence-electron chi connectivity index (χ3n) is 3.80. The SMILES string of the molecule is C.CC.CCOCCNOC(=O)CCCCC1SCC2NC(=O)NC21. The predicted molar refractivity (Wildman–Crippen MR) is 103 cm³/mol. The van der Waals surface area contributed by atoms with E-state index in [1.807, 2.05) is 32.5 Å². The summed E-state index contributed by atoms with van der Waals surface area (Å²) in [5, 5.41) is 6.35. The first-order chi connectivity index (χ1) is 11.7. The lowest BCUT2D eigenvalue weighted by atomic mass is 10.0. The lowest BCUT2D eigenvalue weighted by Crippen LogP contribution is -2.36. The van der Waals surface area contributed by atoms with Gasteiger partial charge in [0.05, 0.1) is 25.2 Å². The molecule has 0 aromatic carbocycles. The van der Waals surface area contributed by atoms with Gasteiger partial charge in [-0.25, -0.2) is 4.79 Å². The smallest absolute Gasteiger partial charge is 0.324 e. The van der Waals surface area contributed by atoms with Crippen LogP contribution >= 0.6 is 11.8 Å². The van der Waals surface area contributed by atoms with Gasteiger partial charge in [0.25, 0.3) is 0 Å². The Balaban J connectivity index is 0.00000185. The summed E-state index contributed by atoms with van der Waals surface area (Å²) in [5.41, 5.74) is 2.60. The Morgan fingerprint density at radius 1 is 1.32 bits per heavy atom. The van der Waals surface area contributed by atoms with Crippen molar-refractivity contribution in [2.24, 2.45) is 0 Å². The van der Waals surface area contributed by atoms with E-state index < -0.39 is 0 Å². The first-order valence-corrected chi connectivity index (χ1v) is 9.94. The highest BCUT2D eigenvalue weighted by Crippen LogP contribution is 2.33. The number of nitrogens with one attached hydrogen (secondary N) is 3. The minimum Gasteiger partial charge on any atom is -0.380 e. The first-order valence-electron chi connectivity index (χ1n) is 8.89. The summed E-state index contributed by atoms with van der Waals surface area (Å²) in [7, 11) is 0. The second-order valence-corrected chi connectivity index (χ2v) is 6.71. The van der Waals surface area contributed by atoms with Crippen LogP contribution < -0.4 is 16.1 Å². The Labute approximate surface area is 156 Å². The molecule has 7 nitrogen and oxygen atoms in total. The fourth-order valence-electron chi connectivity index (χ4n) is 2.70. The predicted octanol–water partition coefficient (Wildman–Crippen LogP) is 2.46. The van der Waals surface area contributed by atoms with Gasteiger partial charge in [0.1, 0.15) is 0 Å². The molecule has 2 saturated heterocycles. The number of hydroxylamine groups is 1. The molecular weight excluding hydrogens is 342 g/mol. The molecule has 0 aliphatic carbocycles. The highest BCUT2D eigenvalue weighted by Gasteiger charge is 2.42. The number of hydrogen-bond acceptors (Lipinski definition) is 6. The van der Waals surface area contributed by atoms with Crippen molar-refractivity contribution < 1.29 is 19.2 Å². The maximum atomic E-state index is 11.5. The maximum absolute atomic E-state index is 11.5. The monoisotopic (exact) mass is 377 g/mol. The molecule has 3 N–H and O–H groups in total. The zero-order chi connectivity index (χ0) is 17.8. The number of thioether (sulfide) groups is 1. The van der Waals surface area contributed by atoms with Gasteiger partial charge < -0.3 is 20.2 Å². The number of urea groups is 1. The molecule has 2 rings (SSSR count). The molecule has 2 aliphatic heterocycles. The van der Waals surface area contributed by atoms with Crippen LogP contribution in [0.1, 0.15) is 53.9 Å². The average molecular weight is 378 g/mol. The Morgan fingerprint density at radius 2 is 2.08 bits per heavy atom. The van der Waals surface area contributed by atoms with Gasteiger partial charge in [-0.1, -0.05) is 27.7 Å². The van der Waals surface area contributed by atoms with Crippen LogP contribution in [0.2, 0.25) is 0 Å². The van der Waals surface area contributed by atoms with Gasteiger partial charge in [-0.2, -0.15) is 17.2 Å². The number of rotatable bonds is 10. The van der Waals surface area contributed by atoms with Crippen LogP contribution in [0.5, 0.6) is 0 Å². The van der Waals surface area contributed by atoms with Gasteiger partial charge in [-0.15, -0.1) is 0 Å². The molecule has 3 atom stereocenters. The van der Waals surface area contributed by atoms with E-state index in [4.69, 9.17) is 9.57 Å². The van der Waals surface area contributed by atoms with Crippen molar-refractivity contribution in [1.82, 2.24) is 16.1 Å². The molecule has 0 bridgehead atoms. The van der Waals surface area contributed by atoms with Gasteiger partial charge >= 0.3 is 12.0 Å².